The fraction of sp³-hybridized carbons (Fsp3) is 0.696. The van der Waals surface area contributed by atoms with Gasteiger partial charge in [0.05, 0.1) is 12.4 Å². The lowest BCUT2D eigenvalue weighted by atomic mass is 10.0. The number of H-pyrrole nitrogens is 1. The lowest BCUT2D eigenvalue weighted by Crippen LogP contribution is -2.58. The van der Waals surface area contributed by atoms with Gasteiger partial charge < -0.3 is 43.2 Å². The van der Waals surface area contributed by atoms with Gasteiger partial charge in [-0.1, -0.05) is 13.8 Å². The van der Waals surface area contributed by atoms with Gasteiger partial charge >= 0.3 is 5.97 Å². The first-order chi connectivity index (χ1) is 17.1. The molecule has 0 bridgehead atoms. The molecule has 0 saturated heterocycles. The monoisotopic (exact) mass is 510 g/mol. The van der Waals surface area contributed by atoms with Crippen LogP contribution in [0, 0.1) is 5.92 Å². The van der Waals surface area contributed by atoms with E-state index in [2.05, 4.69) is 25.9 Å². The molecule has 3 amide bonds. The van der Waals surface area contributed by atoms with Gasteiger partial charge in [-0.3, -0.25) is 14.4 Å². The van der Waals surface area contributed by atoms with Crippen molar-refractivity contribution in [1.29, 1.82) is 0 Å². The zero-order valence-electron chi connectivity index (χ0n) is 21.2. The normalized spacial score (nSPS) is 14.5. The highest BCUT2D eigenvalue weighted by atomic mass is 16.4. The van der Waals surface area contributed by atoms with E-state index in [0.717, 1.165) is 0 Å². The highest BCUT2D eigenvalue weighted by Crippen LogP contribution is 2.09. The summed E-state index contributed by atoms with van der Waals surface area (Å²) in [7, 11) is 0. The number of unbranched alkanes of at least 4 members (excludes halogenated alkanes) is 2. The third-order valence-electron chi connectivity index (χ3n) is 5.72. The Morgan fingerprint density at radius 2 is 1.50 bits per heavy atom. The summed E-state index contributed by atoms with van der Waals surface area (Å²) >= 11 is 0. The summed E-state index contributed by atoms with van der Waals surface area (Å²) in [4.78, 5) is 57.1. The highest BCUT2D eigenvalue weighted by Gasteiger charge is 2.31. The largest absolute Gasteiger partial charge is 0.480 e. The number of aromatic nitrogens is 2. The number of nitrogens with two attached hydrogens (primary N) is 3. The smallest absolute Gasteiger partial charge is 0.326 e. The second-order valence-corrected chi connectivity index (χ2v) is 9.15. The number of nitrogens with one attached hydrogen (secondary N) is 4. The Hall–Kier alpha value is -3.03. The predicted octanol–water partition coefficient (Wildman–Crippen LogP) is -1.27. The van der Waals surface area contributed by atoms with Crippen molar-refractivity contribution in [3.63, 3.8) is 0 Å². The second kappa shape index (κ2) is 16.6. The van der Waals surface area contributed by atoms with Crippen LogP contribution in [-0.2, 0) is 25.6 Å². The molecule has 0 spiro atoms. The molecule has 36 heavy (non-hydrogen) atoms. The summed E-state index contributed by atoms with van der Waals surface area (Å²) in [6, 6.07) is -3.95. The van der Waals surface area contributed by atoms with E-state index in [1.54, 1.807) is 20.0 Å². The topological polar surface area (TPSA) is 231 Å². The van der Waals surface area contributed by atoms with Crippen LogP contribution in [0.3, 0.4) is 0 Å². The number of imidazole rings is 1. The number of aromatic amines is 1. The number of aliphatic carboxylic acids is 1. The van der Waals surface area contributed by atoms with Crippen LogP contribution in [0.1, 0.15) is 58.1 Å². The van der Waals surface area contributed by atoms with Crippen LogP contribution < -0.4 is 33.2 Å². The molecule has 0 saturated carbocycles. The molecule has 1 aromatic heterocycles. The molecule has 4 unspecified atom stereocenters. The Kier molecular flexibility index (Phi) is 14.3. The minimum atomic E-state index is -1.16. The van der Waals surface area contributed by atoms with Crippen LogP contribution >= 0.6 is 0 Å². The summed E-state index contributed by atoms with van der Waals surface area (Å²) in [6.45, 7) is 4.32. The first-order valence-corrected chi connectivity index (χ1v) is 12.4. The molecule has 13 nitrogen and oxygen atoms in total. The molecule has 1 heterocycles. The fourth-order valence-corrected chi connectivity index (χ4v) is 3.57. The van der Waals surface area contributed by atoms with Crippen molar-refractivity contribution in [2.24, 2.45) is 23.1 Å². The Labute approximate surface area is 211 Å². The van der Waals surface area contributed by atoms with E-state index in [-0.39, 0.29) is 18.8 Å². The van der Waals surface area contributed by atoms with Gasteiger partial charge in [-0.05, 0) is 57.5 Å². The molecular formula is C23H42N8O5. The van der Waals surface area contributed by atoms with Gasteiger partial charge in [0.15, 0.2) is 0 Å². The number of amides is 3. The first kappa shape index (κ1) is 31.0. The highest BCUT2D eigenvalue weighted by molar-refractivity contribution is 5.94. The average Bonchev–Trinajstić information content (AvgIpc) is 3.33. The van der Waals surface area contributed by atoms with Crippen molar-refractivity contribution < 1.29 is 24.3 Å². The minimum absolute atomic E-state index is 0.209. The molecule has 0 aliphatic heterocycles. The van der Waals surface area contributed by atoms with Crippen LogP contribution in [0.15, 0.2) is 12.5 Å². The third kappa shape index (κ3) is 11.1. The summed E-state index contributed by atoms with van der Waals surface area (Å²) in [5, 5.41) is 17.3. The number of hydrogen-bond donors (Lipinski definition) is 8. The molecular weight excluding hydrogens is 468 g/mol. The maximum atomic E-state index is 13.1. The molecule has 13 heteroatoms. The molecule has 1 rings (SSSR count). The number of rotatable bonds is 18. The second-order valence-electron chi connectivity index (χ2n) is 9.15. The van der Waals surface area contributed by atoms with Gasteiger partial charge in [0, 0.05) is 18.3 Å². The van der Waals surface area contributed by atoms with E-state index < -0.39 is 47.9 Å². The van der Waals surface area contributed by atoms with Crippen molar-refractivity contribution >= 4 is 23.7 Å². The van der Waals surface area contributed by atoms with Gasteiger partial charge in [-0.2, -0.15) is 0 Å². The Balaban J connectivity index is 2.88. The standard InChI is InChI=1S/C23H42N8O5/c1-14(2)19(22(34)30-18(23(35)36)8-4-6-10-25)31-21(33)17(7-3-5-9-24)29-20(32)16(26)11-15-12-27-13-28-15/h12-14,16-19H,3-11,24-26H2,1-2H3,(H,27,28)(H,29,32)(H,30,34)(H,31,33)(H,35,36). The summed E-state index contributed by atoms with van der Waals surface area (Å²) in [5.41, 5.74) is 17.7. The van der Waals surface area contributed by atoms with Gasteiger partial charge in [-0.15, -0.1) is 0 Å². The van der Waals surface area contributed by atoms with Crippen LogP contribution in [0.5, 0.6) is 0 Å². The number of carbonyl (C=O) groups is 4. The minimum Gasteiger partial charge on any atom is -0.480 e. The number of nitrogens with zero attached hydrogens (tertiary/aromatic N) is 1. The Morgan fingerprint density at radius 3 is 2.00 bits per heavy atom. The molecule has 0 fully saturated rings. The molecule has 0 aromatic carbocycles. The third-order valence-corrected chi connectivity index (χ3v) is 5.72. The van der Waals surface area contributed by atoms with Gasteiger partial charge in [0.25, 0.3) is 0 Å². The van der Waals surface area contributed by atoms with Crippen molar-refractivity contribution in [2.45, 2.75) is 83.0 Å². The zero-order valence-corrected chi connectivity index (χ0v) is 21.2. The van der Waals surface area contributed by atoms with Crippen LogP contribution in [-0.4, -0.2) is 76.0 Å². The average molecular weight is 511 g/mol. The van der Waals surface area contributed by atoms with E-state index >= 15 is 0 Å². The van der Waals surface area contributed by atoms with Crippen LogP contribution in [0.2, 0.25) is 0 Å². The van der Waals surface area contributed by atoms with Crippen molar-refractivity contribution in [2.75, 3.05) is 13.1 Å². The number of carboxylic acids is 1. The quantitative estimate of drug-likeness (QED) is 0.110. The van der Waals surface area contributed by atoms with Gasteiger partial charge in [0.1, 0.15) is 18.1 Å². The van der Waals surface area contributed by atoms with Crippen molar-refractivity contribution in [1.82, 2.24) is 25.9 Å². The fourth-order valence-electron chi connectivity index (χ4n) is 3.57. The molecule has 1 aromatic rings. The molecule has 0 aliphatic rings. The van der Waals surface area contributed by atoms with Crippen molar-refractivity contribution in [3.05, 3.63) is 18.2 Å². The Morgan fingerprint density at radius 1 is 0.917 bits per heavy atom. The van der Waals surface area contributed by atoms with E-state index in [0.29, 0.717) is 50.9 Å². The molecule has 204 valence electrons. The lowest BCUT2D eigenvalue weighted by Gasteiger charge is -2.27. The van der Waals surface area contributed by atoms with Crippen LogP contribution in [0.25, 0.3) is 0 Å². The number of hydrogen-bond acceptors (Lipinski definition) is 8. The van der Waals surface area contributed by atoms with Crippen LogP contribution in [0.4, 0.5) is 0 Å². The Bertz CT molecular complexity index is 817. The first-order valence-electron chi connectivity index (χ1n) is 12.4. The molecule has 0 radical (unpaired) electrons. The van der Waals surface area contributed by atoms with E-state index in [1.807, 2.05) is 0 Å². The zero-order chi connectivity index (χ0) is 27.1. The number of carbonyl (C=O) groups excluding carboxylic acids is 3. The van der Waals surface area contributed by atoms with Gasteiger partial charge in [0.2, 0.25) is 17.7 Å². The summed E-state index contributed by atoms with van der Waals surface area (Å²) in [5.74, 6) is -3.18. The van der Waals surface area contributed by atoms with Crippen molar-refractivity contribution in [3.8, 4) is 0 Å². The SMILES string of the molecule is CC(C)C(NC(=O)C(CCCCN)NC(=O)C(N)Cc1cnc[nH]1)C(=O)NC(CCCCN)C(=O)O. The summed E-state index contributed by atoms with van der Waals surface area (Å²) in [6.07, 6.45) is 6.18. The predicted molar refractivity (Wildman–Crippen MR) is 134 cm³/mol. The summed E-state index contributed by atoms with van der Waals surface area (Å²) < 4.78 is 0. The molecule has 0 aliphatic carbocycles. The number of carboxylic acid groups (broad SMARTS) is 1. The maximum Gasteiger partial charge on any atom is 0.326 e. The van der Waals surface area contributed by atoms with E-state index in [4.69, 9.17) is 17.2 Å². The molecule has 4 atom stereocenters. The van der Waals surface area contributed by atoms with E-state index in [1.165, 1.54) is 6.33 Å². The lowest BCUT2D eigenvalue weighted by molar-refractivity contribution is -0.142. The van der Waals surface area contributed by atoms with Gasteiger partial charge in [-0.25, -0.2) is 9.78 Å². The maximum absolute atomic E-state index is 13.1. The van der Waals surface area contributed by atoms with E-state index in [9.17, 15) is 24.3 Å². The molecule has 11 N–H and O–H groups in total.